The minimum Gasteiger partial charge on any atom is -0.494 e. The van der Waals surface area contributed by atoms with Gasteiger partial charge in [0.25, 0.3) is 0 Å². The lowest BCUT2D eigenvalue weighted by molar-refractivity contribution is -0.115. The van der Waals surface area contributed by atoms with Gasteiger partial charge in [-0.05, 0) is 25.1 Å². The van der Waals surface area contributed by atoms with Gasteiger partial charge in [0, 0.05) is 10.6 Å². The normalized spacial score (nSPS) is 9.93. The van der Waals surface area contributed by atoms with Gasteiger partial charge in [-0.25, -0.2) is 0 Å². The minimum atomic E-state index is -0.360. The molecule has 1 aromatic rings. The lowest BCUT2D eigenvalue weighted by atomic mass is 10.3. The van der Waals surface area contributed by atoms with Crippen LogP contribution in [0.25, 0.3) is 0 Å². The molecular weight excluding hydrogens is 212 g/mol. The molecule has 0 aliphatic carbocycles. The molecule has 1 amide bonds. The fourth-order valence-corrected chi connectivity index (χ4v) is 1.78. The number of carbonyl (C=O) groups excluding carboxylic acids is 1. The monoisotopic (exact) mass is 226 g/mol. The Hall–Kier alpha value is -1.36. The number of benzene rings is 1. The van der Waals surface area contributed by atoms with Crippen LogP contribution in [0.15, 0.2) is 23.1 Å². The summed E-state index contributed by atoms with van der Waals surface area (Å²) >= 11 is 1.32. The standard InChI is InChI=1S/C10H14N2O2S/c1-2-14-7-3-4-8(11)9(5-7)15-6-10(12)13/h3-5H,2,6,11H2,1H3,(H2,12,13). The Balaban J connectivity index is 2.75. The number of amides is 1. The van der Waals surface area contributed by atoms with E-state index in [1.165, 1.54) is 11.8 Å². The van der Waals surface area contributed by atoms with Crippen LogP contribution in [0, 0.1) is 0 Å². The highest BCUT2D eigenvalue weighted by molar-refractivity contribution is 8.00. The number of thioether (sulfide) groups is 1. The smallest absolute Gasteiger partial charge is 0.227 e. The van der Waals surface area contributed by atoms with Crippen LogP contribution in [0.4, 0.5) is 5.69 Å². The van der Waals surface area contributed by atoms with E-state index < -0.39 is 0 Å². The third-order valence-electron chi connectivity index (χ3n) is 1.67. The molecule has 0 saturated heterocycles. The lowest BCUT2D eigenvalue weighted by Crippen LogP contribution is -2.13. The van der Waals surface area contributed by atoms with Gasteiger partial charge in [0.2, 0.25) is 5.91 Å². The van der Waals surface area contributed by atoms with Crippen LogP contribution >= 0.6 is 11.8 Å². The van der Waals surface area contributed by atoms with E-state index in [1.807, 2.05) is 13.0 Å². The lowest BCUT2D eigenvalue weighted by Gasteiger charge is -2.07. The Labute approximate surface area is 93.0 Å². The number of anilines is 1. The highest BCUT2D eigenvalue weighted by atomic mass is 32.2. The van der Waals surface area contributed by atoms with Crippen molar-refractivity contribution in [2.75, 3.05) is 18.1 Å². The summed E-state index contributed by atoms with van der Waals surface area (Å²) in [6, 6.07) is 5.37. The maximum Gasteiger partial charge on any atom is 0.227 e. The van der Waals surface area contributed by atoms with Gasteiger partial charge >= 0.3 is 0 Å². The Morgan fingerprint density at radius 2 is 2.27 bits per heavy atom. The minimum absolute atomic E-state index is 0.222. The molecule has 0 spiro atoms. The summed E-state index contributed by atoms with van der Waals surface area (Å²) < 4.78 is 5.32. The first-order chi connectivity index (χ1) is 7.13. The van der Waals surface area contributed by atoms with Gasteiger partial charge in [-0.15, -0.1) is 11.8 Å². The molecular formula is C10H14N2O2S. The number of hydrogen-bond acceptors (Lipinski definition) is 4. The molecule has 0 saturated carbocycles. The van der Waals surface area contributed by atoms with Crippen molar-refractivity contribution in [3.63, 3.8) is 0 Å². The first-order valence-corrected chi connectivity index (χ1v) is 5.55. The van der Waals surface area contributed by atoms with Gasteiger partial charge in [-0.3, -0.25) is 4.79 Å². The molecule has 0 aliphatic rings. The number of ether oxygens (including phenoxy) is 1. The summed E-state index contributed by atoms with van der Waals surface area (Å²) in [7, 11) is 0. The van der Waals surface area contributed by atoms with E-state index in [1.54, 1.807) is 12.1 Å². The molecule has 0 fully saturated rings. The summed E-state index contributed by atoms with van der Waals surface area (Å²) in [4.78, 5) is 11.4. The summed E-state index contributed by atoms with van der Waals surface area (Å²) in [6.45, 7) is 2.51. The number of nitrogen functional groups attached to an aromatic ring is 1. The quantitative estimate of drug-likeness (QED) is 0.585. The second-order valence-electron chi connectivity index (χ2n) is 2.89. The van der Waals surface area contributed by atoms with Gasteiger partial charge in [-0.1, -0.05) is 0 Å². The Morgan fingerprint density at radius 3 is 2.87 bits per heavy atom. The van der Waals surface area contributed by atoms with Crippen molar-refractivity contribution in [1.82, 2.24) is 0 Å². The van der Waals surface area contributed by atoms with Crippen LogP contribution in [0.1, 0.15) is 6.92 Å². The Kier molecular flexibility index (Phi) is 4.30. The van der Waals surface area contributed by atoms with Gasteiger partial charge in [0.05, 0.1) is 12.4 Å². The first-order valence-electron chi connectivity index (χ1n) is 4.57. The first kappa shape index (κ1) is 11.7. The second-order valence-corrected chi connectivity index (χ2v) is 3.90. The molecule has 0 heterocycles. The number of carbonyl (C=O) groups is 1. The van der Waals surface area contributed by atoms with Crippen LogP contribution in [0.5, 0.6) is 5.75 Å². The van der Waals surface area contributed by atoms with Gasteiger partial charge in [0.1, 0.15) is 5.75 Å². The Morgan fingerprint density at radius 1 is 1.53 bits per heavy atom. The second kappa shape index (κ2) is 5.50. The molecule has 0 atom stereocenters. The number of hydrogen-bond donors (Lipinski definition) is 2. The molecule has 0 bridgehead atoms. The van der Waals surface area contributed by atoms with Crippen LogP contribution in [0.3, 0.4) is 0 Å². The van der Waals surface area contributed by atoms with Crippen molar-refractivity contribution in [1.29, 1.82) is 0 Å². The fourth-order valence-electron chi connectivity index (χ4n) is 1.05. The number of nitrogens with two attached hydrogens (primary N) is 2. The van der Waals surface area contributed by atoms with Crippen molar-refractivity contribution in [2.45, 2.75) is 11.8 Å². The summed E-state index contributed by atoms with van der Waals surface area (Å²) in [5.41, 5.74) is 11.4. The van der Waals surface area contributed by atoms with Gasteiger partial charge in [-0.2, -0.15) is 0 Å². The average molecular weight is 226 g/mol. The summed E-state index contributed by atoms with van der Waals surface area (Å²) in [5.74, 6) is 0.611. The number of rotatable bonds is 5. The Bertz CT molecular complexity index is 355. The highest BCUT2D eigenvalue weighted by Crippen LogP contribution is 2.28. The predicted molar refractivity (Wildman–Crippen MR) is 61.9 cm³/mol. The van der Waals surface area contributed by atoms with Crippen molar-refractivity contribution < 1.29 is 9.53 Å². The van der Waals surface area contributed by atoms with Crippen molar-refractivity contribution in [2.24, 2.45) is 5.73 Å². The number of primary amides is 1. The summed E-state index contributed by atoms with van der Waals surface area (Å²) in [5, 5.41) is 0. The van der Waals surface area contributed by atoms with Crippen LogP contribution < -0.4 is 16.2 Å². The van der Waals surface area contributed by atoms with Crippen molar-refractivity contribution >= 4 is 23.4 Å². The largest absolute Gasteiger partial charge is 0.494 e. The molecule has 4 N–H and O–H groups in total. The van der Waals surface area contributed by atoms with Crippen molar-refractivity contribution in [3.05, 3.63) is 18.2 Å². The van der Waals surface area contributed by atoms with Crippen molar-refractivity contribution in [3.8, 4) is 5.75 Å². The molecule has 0 aromatic heterocycles. The SMILES string of the molecule is CCOc1ccc(N)c(SCC(N)=O)c1. The molecule has 1 aromatic carbocycles. The van der Waals surface area contributed by atoms with Gasteiger partial charge < -0.3 is 16.2 Å². The molecule has 0 radical (unpaired) electrons. The molecule has 0 unspecified atom stereocenters. The molecule has 4 nitrogen and oxygen atoms in total. The fraction of sp³-hybridized carbons (Fsp3) is 0.300. The molecule has 82 valence electrons. The van der Waals surface area contributed by atoms with E-state index in [-0.39, 0.29) is 11.7 Å². The third-order valence-corrected chi connectivity index (χ3v) is 2.76. The highest BCUT2D eigenvalue weighted by Gasteiger charge is 2.04. The zero-order valence-corrected chi connectivity index (χ0v) is 9.34. The molecule has 15 heavy (non-hydrogen) atoms. The molecule has 5 heteroatoms. The predicted octanol–water partition coefficient (Wildman–Crippen LogP) is 1.24. The van der Waals surface area contributed by atoms with Crippen LogP contribution in [-0.2, 0) is 4.79 Å². The average Bonchev–Trinajstić information content (AvgIpc) is 2.19. The third kappa shape index (κ3) is 3.71. The van der Waals surface area contributed by atoms with E-state index in [2.05, 4.69) is 0 Å². The van der Waals surface area contributed by atoms with Gasteiger partial charge in [0.15, 0.2) is 0 Å². The molecule has 0 aliphatic heterocycles. The maximum atomic E-state index is 10.6. The van der Waals surface area contributed by atoms with Crippen LogP contribution in [-0.4, -0.2) is 18.3 Å². The zero-order chi connectivity index (χ0) is 11.3. The van der Waals surface area contributed by atoms with E-state index in [0.717, 1.165) is 10.6 Å². The maximum absolute atomic E-state index is 10.6. The van der Waals surface area contributed by atoms with E-state index in [9.17, 15) is 4.79 Å². The van der Waals surface area contributed by atoms with E-state index in [0.29, 0.717) is 12.3 Å². The molecule has 1 rings (SSSR count). The topological polar surface area (TPSA) is 78.3 Å². The zero-order valence-electron chi connectivity index (χ0n) is 8.53. The van der Waals surface area contributed by atoms with E-state index >= 15 is 0 Å². The summed E-state index contributed by atoms with van der Waals surface area (Å²) in [6.07, 6.45) is 0. The van der Waals surface area contributed by atoms with Crippen LogP contribution in [0.2, 0.25) is 0 Å². The van der Waals surface area contributed by atoms with E-state index in [4.69, 9.17) is 16.2 Å².